The van der Waals surface area contributed by atoms with Gasteiger partial charge in [0.15, 0.2) is 0 Å². The Morgan fingerprint density at radius 3 is 2.82 bits per heavy atom. The van der Waals surface area contributed by atoms with Crippen LogP contribution in [0.1, 0.15) is 18.1 Å². The van der Waals surface area contributed by atoms with E-state index in [1.807, 2.05) is 26.0 Å². The van der Waals surface area contributed by atoms with Gasteiger partial charge in [0.1, 0.15) is 6.61 Å². The van der Waals surface area contributed by atoms with E-state index in [4.69, 9.17) is 5.11 Å². The van der Waals surface area contributed by atoms with Gasteiger partial charge in [-0.15, -0.1) is 0 Å². The summed E-state index contributed by atoms with van der Waals surface area (Å²) in [6.07, 6.45) is 0. The first-order valence-electron chi connectivity index (χ1n) is 5.42. The molecule has 0 saturated heterocycles. The Morgan fingerprint density at radius 2 is 2.24 bits per heavy atom. The second-order valence-corrected chi connectivity index (χ2v) is 3.47. The predicted molar refractivity (Wildman–Crippen MR) is 67.8 cm³/mol. The van der Waals surface area contributed by atoms with Gasteiger partial charge in [0, 0.05) is 17.8 Å². The highest BCUT2D eigenvalue weighted by Gasteiger charge is 2.01. The van der Waals surface area contributed by atoms with Crippen LogP contribution in [0.4, 0.5) is 10.5 Å². The first-order chi connectivity index (χ1) is 8.17. The maximum absolute atomic E-state index is 11.3. The number of anilines is 1. The van der Waals surface area contributed by atoms with Crippen LogP contribution in [0, 0.1) is 18.8 Å². The summed E-state index contributed by atoms with van der Waals surface area (Å²) in [7, 11) is 0. The average Bonchev–Trinajstić information content (AvgIpc) is 2.28. The second-order valence-electron chi connectivity index (χ2n) is 3.47. The van der Waals surface area contributed by atoms with Crippen LogP contribution >= 0.6 is 0 Å². The minimum Gasteiger partial charge on any atom is -0.384 e. The van der Waals surface area contributed by atoms with E-state index in [9.17, 15) is 4.79 Å². The normalized spacial score (nSPS) is 9.12. The van der Waals surface area contributed by atoms with Gasteiger partial charge in [-0.25, -0.2) is 4.79 Å². The molecule has 0 radical (unpaired) electrons. The molecule has 0 unspecified atom stereocenters. The number of aryl methyl sites for hydroxylation is 1. The van der Waals surface area contributed by atoms with Crippen LogP contribution < -0.4 is 10.6 Å². The van der Waals surface area contributed by atoms with Gasteiger partial charge in [0.25, 0.3) is 0 Å². The Morgan fingerprint density at radius 1 is 1.47 bits per heavy atom. The summed E-state index contributed by atoms with van der Waals surface area (Å²) < 4.78 is 0. The minimum atomic E-state index is -0.221. The number of urea groups is 1. The summed E-state index contributed by atoms with van der Waals surface area (Å²) in [5.74, 6) is 5.43. The molecule has 0 aromatic heterocycles. The van der Waals surface area contributed by atoms with E-state index in [0.717, 1.165) is 16.8 Å². The predicted octanol–water partition coefficient (Wildman–Crippen LogP) is 1.48. The van der Waals surface area contributed by atoms with Crippen LogP contribution in [0.2, 0.25) is 0 Å². The second kappa shape index (κ2) is 6.56. The van der Waals surface area contributed by atoms with Crippen molar-refractivity contribution in [2.75, 3.05) is 18.5 Å². The molecule has 0 spiro atoms. The number of aliphatic hydroxyl groups is 1. The van der Waals surface area contributed by atoms with Crippen molar-refractivity contribution in [1.29, 1.82) is 0 Å². The van der Waals surface area contributed by atoms with Crippen molar-refractivity contribution in [1.82, 2.24) is 5.32 Å². The van der Waals surface area contributed by atoms with E-state index in [-0.39, 0.29) is 12.6 Å². The Kier molecular flexibility index (Phi) is 5.05. The van der Waals surface area contributed by atoms with Crippen LogP contribution in [0.15, 0.2) is 18.2 Å². The fourth-order valence-corrected chi connectivity index (χ4v) is 1.35. The van der Waals surface area contributed by atoms with E-state index >= 15 is 0 Å². The number of benzene rings is 1. The van der Waals surface area contributed by atoms with E-state index in [1.54, 1.807) is 6.07 Å². The maximum Gasteiger partial charge on any atom is 0.319 e. The SMILES string of the molecule is CCNC(=O)Nc1ccc(C#CCO)c(C)c1. The molecule has 0 bridgehead atoms. The van der Waals surface area contributed by atoms with E-state index < -0.39 is 0 Å². The van der Waals surface area contributed by atoms with E-state index in [0.29, 0.717) is 6.54 Å². The summed E-state index contributed by atoms with van der Waals surface area (Å²) in [6, 6.07) is 5.22. The quantitative estimate of drug-likeness (QED) is 0.676. The lowest BCUT2D eigenvalue weighted by Crippen LogP contribution is -2.28. The van der Waals surface area contributed by atoms with Crippen LogP contribution in [-0.4, -0.2) is 24.3 Å². The fraction of sp³-hybridized carbons (Fsp3) is 0.308. The molecule has 0 fully saturated rings. The molecular weight excluding hydrogens is 216 g/mol. The third-order valence-corrected chi connectivity index (χ3v) is 2.12. The molecule has 0 saturated carbocycles. The molecule has 17 heavy (non-hydrogen) atoms. The van der Waals surface area contributed by atoms with Crippen LogP contribution in [0.25, 0.3) is 0 Å². The molecule has 1 aromatic carbocycles. The van der Waals surface area contributed by atoms with Crippen molar-refractivity contribution < 1.29 is 9.90 Å². The summed E-state index contributed by atoms with van der Waals surface area (Å²) in [4.78, 5) is 11.3. The van der Waals surface area contributed by atoms with Gasteiger partial charge < -0.3 is 15.7 Å². The number of rotatable bonds is 2. The third kappa shape index (κ3) is 4.17. The van der Waals surface area contributed by atoms with E-state index in [1.165, 1.54) is 0 Å². The molecule has 90 valence electrons. The first kappa shape index (κ1) is 13.1. The molecule has 1 rings (SSSR count). The molecular formula is C13H16N2O2. The standard InChI is InChI=1S/C13H16N2O2/c1-3-14-13(17)15-12-7-6-11(5-4-8-16)10(2)9-12/h6-7,9,16H,3,8H2,1-2H3,(H2,14,15,17). The molecule has 2 amide bonds. The Hall–Kier alpha value is -1.99. The van der Waals surface area contributed by atoms with Crippen molar-refractivity contribution in [3.05, 3.63) is 29.3 Å². The maximum atomic E-state index is 11.3. The van der Waals surface area contributed by atoms with Crippen molar-refractivity contribution in [2.24, 2.45) is 0 Å². The van der Waals surface area contributed by atoms with Crippen molar-refractivity contribution in [3.8, 4) is 11.8 Å². The topological polar surface area (TPSA) is 61.4 Å². The lowest BCUT2D eigenvalue weighted by molar-refractivity contribution is 0.252. The third-order valence-electron chi connectivity index (χ3n) is 2.12. The zero-order chi connectivity index (χ0) is 12.7. The number of carbonyl (C=O) groups is 1. The Labute approximate surface area is 101 Å². The molecule has 0 atom stereocenters. The van der Waals surface area contributed by atoms with Gasteiger partial charge in [0.2, 0.25) is 0 Å². The van der Waals surface area contributed by atoms with Gasteiger partial charge in [-0.05, 0) is 37.6 Å². The lowest BCUT2D eigenvalue weighted by atomic mass is 10.1. The van der Waals surface area contributed by atoms with Gasteiger partial charge in [-0.3, -0.25) is 0 Å². The smallest absolute Gasteiger partial charge is 0.319 e. The molecule has 0 aliphatic heterocycles. The largest absolute Gasteiger partial charge is 0.384 e. The monoisotopic (exact) mass is 232 g/mol. The average molecular weight is 232 g/mol. The number of carbonyl (C=O) groups excluding carboxylic acids is 1. The fourth-order valence-electron chi connectivity index (χ4n) is 1.35. The molecule has 3 N–H and O–H groups in total. The molecule has 1 aromatic rings. The van der Waals surface area contributed by atoms with Crippen LogP contribution in [0.3, 0.4) is 0 Å². The molecule has 0 aliphatic carbocycles. The molecule has 4 heteroatoms. The summed E-state index contributed by atoms with van der Waals surface area (Å²) in [5, 5.41) is 14.0. The summed E-state index contributed by atoms with van der Waals surface area (Å²) >= 11 is 0. The number of nitrogens with one attached hydrogen (secondary N) is 2. The van der Waals surface area contributed by atoms with Gasteiger partial charge >= 0.3 is 6.03 Å². The van der Waals surface area contributed by atoms with Crippen molar-refractivity contribution >= 4 is 11.7 Å². The van der Waals surface area contributed by atoms with Crippen LogP contribution in [-0.2, 0) is 0 Å². The van der Waals surface area contributed by atoms with E-state index in [2.05, 4.69) is 22.5 Å². The molecule has 0 aliphatic rings. The minimum absolute atomic E-state index is 0.154. The summed E-state index contributed by atoms with van der Waals surface area (Å²) in [5.41, 5.74) is 2.53. The Balaban J connectivity index is 2.78. The Bertz CT molecular complexity index is 458. The number of amides is 2. The van der Waals surface area contributed by atoms with Crippen LogP contribution in [0.5, 0.6) is 0 Å². The van der Waals surface area contributed by atoms with Crippen molar-refractivity contribution in [3.63, 3.8) is 0 Å². The highest BCUT2D eigenvalue weighted by atomic mass is 16.2. The van der Waals surface area contributed by atoms with Crippen molar-refractivity contribution in [2.45, 2.75) is 13.8 Å². The number of hydrogen-bond acceptors (Lipinski definition) is 2. The first-order valence-corrected chi connectivity index (χ1v) is 5.42. The number of hydrogen-bond donors (Lipinski definition) is 3. The molecule has 4 nitrogen and oxygen atoms in total. The zero-order valence-electron chi connectivity index (χ0n) is 10.0. The highest BCUT2D eigenvalue weighted by Crippen LogP contribution is 2.14. The summed E-state index contributed by atoms with van der Waals surface area (Å²) in [6.45, 7) is 4.20. The zero-order valence-corrected chi connectivity index (χ0v) is 10.0. The lowest BCUT2D eigenvalue weighted by Gasteiger charge is -2.07. The van der Waals surface area contributed by atoms with Gasteiger partial charge in [-0.1, -0.05) is 11.8 Å². The van der Waals surface area contributed by atoms with Gasteiger partial charge in [0.05, 0.1) is 0 Å². The highest BCUT2D eigenvalue weighted by molar-refractivity contribution is 5.89. The van der Waals surface area contributed by atoms with Gasteiger partial charge in [-0.2, -0.15) is 0 Å². The molecule has 0 heterocycles. The number of aliphatic hydroxyl groups excluding tert-OH is 1.